The van der Waals surface area contributed by atoms with Crippen LogP contribution in [0.5, 0.6) is 0 Å². The van der Waals surface area contributed by atoms with Crippen LogP contribution in [0.4, 0.5) is 5.69 Å². The van der Waals surface area contributed by atoms with Gasteiger partial charge in [0, 0.05) is 18.5 Å². The molecule has 0 heterocycles. The van der Waals surface area contributed by atoms with Crippen LogP contribution in [0.15, 0.2) is 78.9 Å². The number of aryl methyl sites for hydroxylation is 2. The van der Waals surface area contributed by atoms with Crippen LogP contribution in [-0.4, -0.2) is 49.5 Å². The van der Waals surface area contributed by atoms with Crippen molar-refractivity contribution in [3.63, 3.8) is 0 Å². The summed E-state index contributed by atoms with van der Waals surface area (Å²) in [4.78, 5) is 29.4. The maximum absolute atomic E-state index is 14.1. The quantitative estimate of drug-likeness (QED) is 0.400. The molecule has 1 N–H and O–H groups in total. The van der Waals surface area contributed by atoms with Crippen LogP contribution in [0.25, 0.3) is 0 Å². The minimum Gasteiger partial charge on any atom is -0.350 e. The highest BCUT2D eigenvalue weighted by Crippen LogP contribution is 2.22. The molecular formula is C31H39N3O4S. The first kappa shape index (κ1) is 29.9. The Balaban J connectivity index is 2.08. The van der Waals surface area contributed by atoms with Gasteiger partial charge in [-0.3, -0.25) is 13.9 Å². The predicted molar refractivity (Wildman–Crippen MR) is 157 cm³/mol. The van der Waals surface area contributed by atoms with Crippen molar-refractivity contribution in [2.24, 2.45) is 0 Å². The van der Waals surface area contributed by atoms with Crippen LogP contribution in [-0.2, 0) is 32.6 Å². The van der Waals surface area contributed by atoms with E-state index in [4.69, 9.17) is 0 Å². The lowest BCUT2D eigenvalue weighted by molar-refractivity contribution is -0.140. The summed E-state index contributed by atoms with van der Waals surface area (Å²) in [5.74, 6) is -0.760. The third-order valence-electron chi connectivity index (χ3n) is 6.37. The third kappa shape index (κ3) is 8.68. The SMILES string of the molecule is Cc1ccc(N(CC(=O)N(Cc2ccccc2C)[C@H](Cc2ccccc2)C(=O)NC(C)(C)C)S(C)(=O)=O)cc1. The molecule has 3 rings (SSSR count). The van der Waals surface area contributed by atoms with E-state index in [2.05, 4.69) is 5.32 Å². The Bertz CT molecular complexity index is 1380. The van der Waals surface area contributed by atoms with E-state index in [0.717, 1.165) is 32.8 Å². The Labute approximate surface area is 232 Å². The zero-order chi connectivity index (χ0) is 28.8. The van der Waals surface area contributed by atoms with E-state index >= 15 is 0 Å². The summed E-state index contributed by atoms with van der Waals surface area (Å²) in [6, 6.07) is 23.3. The highest BCUT2D eigenvalue weighted by atomic mass is 32.2. The van der Waals surface area contributed by atoms with Gasteiger partial charge in [0.05, 0.1) is 11.9 Å². The van der Waals surface area contributed by atoms with Gasteiger partial charge in [0.2, 0.25) is 21.8 Å². The molecule has 0 aliphatic rings. The highest BCUT2D eigenvalue weighted by molar-refractivity contribution is 7.92. The van der Waals surface area contributed by atoms with Crippen molar-refractivity contribution in [2.75, 3.05) is 17.1 Å². The monoisotopic (exact) mass is 549 g/mol. The van der Waals surface area contributed by atoms with Crippen molar-refractivity contribution in [3.05, 3.63) is 101 Å². The molecule has 3 aromatic carbocycles. The maximum atomic E-state index is 14.1. The fraction of sp³-hybridized carbons (Fsp3) is 0.355. The molecule has 0 unspecified atom stereocenters. The molecule has 0 aliphatic carbocycles. The minimum atomic E-state index is -3.79. The zero-order valence-electron chi connectivity index (χ0n) is 23.6. The summed E-state index contributed by atoms with van der Waals surface area (Å²) in [5, 5.41) is 3.03. The van der Waals surface area contributed by atoms with Crippen LogP contribution in [0.2, 0.25) is 0 Å². The first-order chi connectivity index (χ1) is 18.2. The molecule has 0 bridgehead atoms. The molecule has 0 saturated heterocycles. The van der Waals surface area contributed by atoms with Gasteiger partial charge in [-0.15, -0.1) is 0 Å². The highest BCUT2D eigenvalue weighted by Gasteiger charge is 2.34. The number of nitrogens with zero attached hydrogens (tertiary/aromatic N) is 2. The van der Waals surface area contributed by atoms with Gasteiger partial charge in [-0.2, -0.15) is 0 Å². The molecule has 0 saturated carbocycles. The van der Waals surface area contributed by atoms with Gasteiger partial charge in [-0.1, -0.05) is 72.3 Å². The minimum absolute atomic E-state index is 0.159. The Kier molecular flexibility index (Phi) is 9.56. The van der Waals surface area contributed by atoms with Gasteiger partial charge in [-0.25, -0.2) is 8.42 Å². The first-order valence-electron chi connectivity index (χ1n) is 13.0. The number of carbonyl (C=O) groups excluding carboxylic acids is 2. The van der Waals surface area contributed by atoms with Crippen molar-refractivity contribution in [3.8, 4) is 0 Å². The molecule has 2 amide bonds. The Hall–Kier alpha value is -3.65. The van der Waals surface area contributed by atoms with Gasteiger partial charge in [0.1, 0.15) is 12.6 Å². The van der Waals surface area contributed by atoms with Crippen LogP contribution in [0, 0.1) is 13.8 Å². The molecular weight excluding hydrogens is 510 g/mol. The summed E-state index contributed by atoms with van der Waals surface area (Å²) in [5.41, 5.74) is 3.60. The van der Waals surface area contributed by atoms with Crippen molar-refractivity contribution >= 4 is 27.5 Å². The number of anilines is 1. The van der Waals surface area contributed by atoms with Gasteiger partial charge in [-0.05, 0) is 63.4 Å². The second-order valence-corrected chi connectivity index (χ2v) is 12.9. The molecule has 0 fully saturated rings. The molecule has 0 aromatic heterocycles. The molecule has 0 aliphatic heterocycles. The van der Waals surface area contributed by atoms with E-state index in [9.17, 15) is 18.0 Å². The fourth-order valence-electron chi connectivity index (χ4n) is 4.30. The lowest BCUT2D eigenvalue weighted by Gasteiger charge is -2.35. The van der Waals surface area contributed by atoms with E-state index < -0.39 is 34.1 Å². The Morgan fingerprint density at radius 3 is 2.03 bits per heavy atom. The van der Waals surface area contributed by atoms with E-state index in [1.807, 2.05) is 89.2 Å². The standard InChI is InChI=1S/C31H39N3O4S/c1-23-16-18-27(19-17-23)34(39(6,37)38)22-29(35)33(21-26-15-11-10-12-24(26)2)28(30(36)32-31(3,4)5)20-25-13-8-7-9-14-25/h7-19,28H,20-22H2,1-6H3,(H,32,36)/t28-/m1/s1. The third-order valence-corrected chi connectivity index (χ3v) is 7.51. The maximum Gasteiger partial charge on any atom is 0.244 e. The molecule has 0 spiro atoms. The second kappa shape index (κ2) is 12.5. The Morgan fingerprint density at radius 2 is 1.46 bits per heavy atom. The van der Waals surface area contributed by atoms with Crippen molar-refractivity contribution in [1.29, 1.82) is 0 Å². The van der Waals surface area contributed by atoms with Crippen LogP contribution < -0.4 is 9.62 Å². The number of nitrogens with one attached hydrogen (secondary N) is 1. The molecule has 7 nitrogen and oxygen atoms in total. The largest absolute Gasteiger partial charge is 0.350 e. The first-order valence-corrected chi connectivity index (χ1v) is 14.8. The van der Waals surface area contributed by atoms with Gasteiger partial charge >= 0.3 is 0 Å². The van der Waals surface area contributed by atoms with Gasteiger partial charge in [0.25, 0.3) is 0 Å². The normalized spacial score (nSPS) is 12.5. The predicted octanol–water partition coefficient (Wildman–Crippen LogP) is 4.62. The van der Waals surface area contributed by atoms with Gasteiger partial charge in [0.15, 0.2) is 0 Å². The second-order valence-electron chi connectivity index (χ2n) is 11.0. The lowest BCUT2D eigenvalue weighted by atomic mass is 10.00. The van der Waals surface area contributed by atoms with E-state index in [0.29, 0.717) is 5.69 Å². The summed E-state index contributed by atoms with van der Waals surface area (Å²) in [6.45, 7) is 9.26. The average molecular weight is 550 g/mol. The zero-order valence-corrected chi connectivity index (χ0v) is 24.5. The number of benzene rings is 3. The number of amides is 2. The molecule has 0 radical (unpaired) electrons. The van der Waals surface area contributed by atoms with Gasteiger partial charge < -0.3 is 10.2 Å². The smallest absolute Gasteiger partial charge is 0.244 e. The molecule has 1 atom stereocenters. The molecule has 208 valence electrons. The summed E-state index contributed by atoms with van der Waals surface area (Å²) in [7, 11) is -3.79. The molecule has 3 aromatic rings. The van der Waals surface area contributed by atoms with E-state index in [1.165, 1.54) is 4.90 Å². The van der Waals surface area contributed by atoms with Crippen LogP contribution >= 0.6 is 0 Å². The summed E-state index contributed by atoms with van der Waals surface area (Å²) >= 11 is 0. The lowest BCUT2D eigenvalue weighted by Crippen LogP contribution is -2.56. The fourth-order valence-corrected chi connectivity index (χ4v) is 5.15. The number of hydrogen-bond acceptors (Lipinski definition) is 4. The number of rotatable bonds is 10. The summed E-state index contributed by atoms with van der Waals surface area (Å²) in [6.07, 6.45) is 1.36. The van der Waals surface area contributed by atoms with Crippen molar-refractivity contribution in [1.82, 2.24) is 10.2 Å². The van der Waals surface area contributed by atoms with E-state index in [1.54, 1.807) is 24.3 Å². The van der Waals surface area contributed by atoms with Crippen LogP contribution in [0.1, 0.15) is 43.0 Å². The topological polar surface area (TPSA) is 86.8 Å². The van der Waals surface area contributed by atoms with Crippen LogP contribution in [0.3, 0.4) is 0 Å². The summed E-state index contributed by atoms with van der Waals surface area (Å²) < 4.78 is 26.8. The van der Waals surface area contributed by atoms with Crippen molar-refractivity contribution < 1.29 is 18.0 Å². The van der Waals surface area contributed by atoms with E-state index in [-0.39, 0.29) is 18.9 Å². The average Bonchev–Trinajstić information content (AvgIpc) is 2.85. The number of hydrogen-bond donors (Lipinski definition) is 1. The van der Waals surface area contributed by atoms with Crippen molar-refractivity contribution in [2.45, 2.75) is 59.2 Å². The Morgan fingerprint density at radius 1 is 0.872 bits per heavy atom. The molecule has 8 heteroatoms. The number of sulfonamides is 1. The number of carbonyl (C=O) groups is 2. The molecule has 39 heavy (non-hydrogen) atoms.